The second-order valence-corrected chi connectivity index (χ2v) is 29.8. The maximum absolute atomic E-state index is 12.6. The smallest absolute Gasteiger partial charge is 0.410 e. The van der Waals surface area contributed by atoms with E-state index in [1.165, 1.54) is 38.9 Å². The second kappa shape index (κ2) is 49.3. The van der Waals surface area contributed by atoms with E-state index in [9.17, 15) is 38.4 Å². The Hall–Kier alpha value is -11.2. The van der Waals surface area contributed by atoms with Crippen molar-refractivity contribution in [2.24, 2.45) is 5.73 Å². The highest BCUT2D eigenvalue weighted by Gasteiger charge is 2.32. The van der Waals surface area contributed by atoms with E-state index in [0.29, 0.717) is 115 Å². The average Bonchev–Trinajstić information content (AvgIpc) is 1.74. The summed E-state index contributed by atoms with van der Waals surface area (Å²) in [4.78, 5) is 129. The third-order valence-electron chi connectivity index (χ3n) is 18.0. The Balaban J connectivity index is 0.000000231. The van der Waals surface area contributed by atoms with Gasteiger partial charge in [-0.1, -0.05) is 11.6 Å². The Morgan fingerprint density at radius 2 is 0.840 bits per heavy atom. The van der Waals surface area contributed by atoms with Crippen LogP contribution >= 0.6 is 24.0 Å². The number of methoxy groups -OCH3 is 4. The maximum atomic E-state index is 12.6. The molecule has 4 atom stereocenters. The van der Waals surface area contributed by atoms with E-state index in [1.807, 2.05) is 72.0 Å². The van der Waals surface area contributed by atoms with Crippen molar-refractivity contribution in [3.8, 4) is 12.1 Å². The van der Waals surface area contributed by atoms with Gasteiger partial charge in [-0.05, 0) is 124 Å². The number of amides is 3. The lowest BCUT2D eigenvalue weighted by Gasteiger charge is -2.35. The lowest BCUT2D eigenvalue weighted by atomic mass is 10.0. The minimum atomic E-state index is -1.07. The van der Waals surface area contributed by atoms with Crippen molar-refractivity contribution in [3.63, 3.8) is 0 Å². The first-order chi connectivity index (χ1) is 56.6. The normalized spacial score (nSPS) is 16.3. The van der Waals surface area contributed by atoms with E-state index < -0.39 is 41.5 Å². The number of fused-ring (bicyclic) bond motifs is 4. The van der Waals surface area contributed by atoms with E-state index in [1.54, 1.807) is 59.8 Å². The van der Waals surface area contributed by atoms with Crippen LogP contribution < -0.4 is 27.0 Å². The van der Waals surface area contributed by atoms with Gasteiger partial charge >= 0.3 is 42.0 Å². The number of nitrogens with two attached hydrogens (primary N) is 1. The molecule has 648 valence electrons. The van der Waals surface area contributed by atoms with Crippen LogP contribution in [0.3, 0.4) is 0 Å². The fourth-order valence-corrected chi connectivity index (χ4v) is 12.8. The van der Waals surface area contributed by atoms with Gasteiger partial charge in [0.2, 0.25) is 5.91 Å². The number of aromatic nitrogens is 8. The Bertz CT molecular complexity index is 4680. The van der Waals surface area contributed by atoms with Crippen molar-refractivity contribution in [2.45, 2.75) is 141 Å². The highest BCUT2D eigenvalue weighted by Crippen LogP contribution is 2.33. The molecule has 4 saturated heterocycles. The number of hydrogen-bond donors (Lipinski definition) is 10. The van der Waals surface area contributed by atoms with Crippen LogP contribution in [0.1, 0.15) is 147 Å². The van der Waals surface area contributed by atoms with Crippen molar-refractivity contribution in [3.05, 3.63) is 101 Å². The largest absolute Gasteiger partial charge is 0.480 e. The molecule has 3 amide bonds. The number of piperidine rings is 4. The van der Waals surface area contributed by atoms with Gasteiger partial charge in [0.1, 0.15) is 89.8 Å². The third kappa shape index (κ3) is 30.9. The summed E-state index contributed by atoms with van der Waals surface area (Å²) in [5, 5.41) is 41.3. The van der Waals surface area contributed by atoms with E-state index >= 15 is 0 Å². The van der Waals surface area contributed by atoms with Gasteiger partial charge < -0.3 is 114 Å². The van der Waals surface area contributed by atoms with Gasteiger partial charge in [-0.25, -0.2) is 48.7 Å². The molecule has 0 radical (unpaired) electrons. The molecule has 12 rings (SSSR count). The SMILES string of the molecule is CC(C)(C)OC(=O)N1CCC[C@@H](N)C1.COCCOC(=O)c1cnc2[nH]ccc2c1Cl.COCCOC(=O)c1cnc2[nH]ccc2c1N[C@@H]1CCCN(C(=O)CC#N)C1.COCCOC(=O)c1cnc2[nH]ccc2c1N[C@@H]1CCCN(C(=O)OC(C)(C)C)C1.COCCOC(=O)c1cnc2[nH]ccc2c1N[C@@H]1CCCNC1.Cl.N#CCC(=O)O. The van der Waals surface area contributed by atoms with Crippen LogP contribution in [-0.4, -0.2) is 277 Å². The number of nitriles is 2. The van der Waals surface area contributed by atoms with Gasteiger partial charge in [-0.2, -0.15) is 10.5 Å². The minimum Gasteiger partial charge on any atom is -0.480 e. The topological polar surface area (TPSA) is 495 Å². The molecule has 4 aliphatic heterocycles. The Morgan fingerprint density at radius 3 is 1.20 bits per heavy atom. The first-order valence-electron chi connectivity index (χ1n) is 38.7. The first kappa shape index (κ1) is 96.7. The second-order valence-electron chi connectivity index (χ2n) is 29.4. The number of likely N-dealkylation sites (tertiary alicyclic amines) is 3. The van der Waals surface area contributed by atoms with Crippen LogP contribution in [-0.2, 0) is 57.0 Å². The summed E-state index contributed by atoms with van der Waals surface area (Å²) in [6.45, 7) is 18.8. The number of aliphatic carboxylic acids is 1. The molecule has 8 aromatic rings. The van der Waals surface area contributed by atoms with Crippen molar-refractivity contribution in [1.82, 2.24) is 59.9 Å². The average molecular weight is 1700 g/mol. The third-order valence-corrected chi connectivity index (χ3v) is 18.4. The molecule has 37 nitrogen and oxygen atoms in total. The molecule has 12 heterocycles. The van der Waals surface area contributed by atoms with Crippen LogP contribution in [0.25, 0.3) is 44.1 Å². The Morgan fingerprint density at radius 1 is 0.496 bits per heavy atom. The van der Waals surface area contributed by atoms with E-state index in [2.05, 4.69) is 61.1 Å². The summed E-state index contributed by atoms with van der Waals surface area (Å²) in [6.07, 6.45) is 19.5. The van der Waals surface area contributed by atoms with E-state index in [0.717, 1.165) is 98.5 Å². The van der Waals surface area contributed by atoms with Crippen LogP contribution in [0, 0.1) is 22.7 Å². The number of aromatic amines is 4. The van der Waals surface area contributed by atoms with Gasteiger partial charge in [0.05, 0.1) is 66.2 Å². The molecule has 0 saturated carbocycles. The van der Waals surface area contributed by atoms with E-state index in [4.69, 9.17) is 80.3 Å². The predicted octanol–water partition coefficient (Wildman–Crippen LogP) is 10.2. The molecular formula is C80H110Cl2N18O19. The number of ether oxygens (including phenoxy) is 10. The lowest BCUT2D eigenvalue weighted by molar-refractivity contribution is -0.136. The van der Waals surface area contributed by atoms with Crippen LogP contribution in [0.5, 0.6) is 0 Å². The van der Waals surface area contributed by atoms with Gasteiger partial charge in [-0.15, -0.1) is 12.4 Å². The Labute approximate surface area is 700 Å². The summed E-state index contributed by atoms with van der Waals surface area (Å²) in [6, 6.07) is 11.1. The van der Waals surface area contributed by atoms with Gasteiger partial charge in [0, 0.05) is 170 Å². The number of H-pyrrole nitrogens is 4. The number of nitrogens with one attached hydrogen (secondary N) is 8. The summed E-state index contributed by atoms with van der Waals surface area (Å²) in [7, 11) is 6.20. The van der Waals surface area contributed by atoms with Crippen LogP contribution in [0.2, 0.25) is 5.02 Å². The van der Waals surface area contributed by atoms with Crippen LogP contribution in [0.4, 0.5) is 26.7 Å². The van der Waals surface area contributed by atoms with Crippen molar-refractivity contribution in [1.29, 1.82) is 10.5 Å². The molecule has 4 fully saturated rings. The fourth-order valence-electron chi connectivity index (χ4n) is 12.5. The number of esters is 4. The summed E-state index contributed by atoms with van der Waals surface area (Å²) in [5.74, 6) is -3.08. The van der Waals surface area contributed by atoms with E-state index in [-0.39, 0.29) is 99.0 Å². The molecule has 11 N–H and O–H groups in total. The zero-order chi connectivity index (χ0) is 85.7. The Kier molecular flexibility index (Phi) is 40.0. The molecule has 0 aromatic carbocycles. The van der Waals surface area contributed by atoms with Crippen molar-refractivity contribution in [2.75, 3.05) is 150 Å². The molecular weight excluding hydrogens is 1590 g/mol. The monoisotopic (exact) mass is 1700 g/mol. The summed E-state index contributed by atoms with van der Waals surface area (Å²) >= 11 is 6.10. The molecule has 0 unspecified atom stereocenters. The number of nitrogens with zero attached hydrogens (tertiary/aromatic N) is 9. The molecule has 0 spiro atoms. The molecule has 0 aliphatic carbocycles. The zero-order valence-corrected chi connectivity index (χ0v) is 70.4. The number of halogens is 2. The van der Waals surface area contributed by atoms with Crippen molar-refractivity contribution < 1.29 is 90.8 Å². The highest BCUT2D eigenvalue weighted by atomic mass is 35.5. The quantitative estimate of drug-likeness (QED) is 0.0153. The maximum Gasteiger partial charge on any atom is 0.410 e. The number of rotatable bonds is 24. The van der Waals surface area contributed by atoms with Gasteiger partial charge in [0.15, 0.2) is 0 Å². The number of hydrogen-bond acceptors (Lipinski definition) is 29. The fraction of sp³-hybridized carbons (Fsp3) is 0.525. The summed E-state index contributed by atoms with van der Waals surface area (Å²) in [5.41, 5.74) is 11.0. The van der Waals surface area contributed by atoms with Crippen molar-refractivity contribution >= 4 is 133 Å². The molecule has 8 aromatic heterocycles. The number of carbonyl (C=O) groups excluding carboxylic acids is 7. The number of carboxylic acids is 1. The van der Waals surface area contributed by atoms with Gasteiger partial charge in [-0.3, -0.25) is 9.59 Å². The number of carbonyl (C=O) groups is 8. The first-order valence-corrected chi connectivity index (χ1v) is 39.1. The molecule has 119 heavy (non-hydrogen) atoms. The number of carboxylic acid groups (broad SMARTS) is 1. The number of anilines is 3. The highest BCUT2D eigenvalue weighted by molar-refractivity contribution is 6.38. The predicted molar refractivity (Wildman–Crippen MR) is 446 cm³/mol. The standard InChI is InChI=1S/C21H30N4O5.C19H23N5O4.C16H22N4O3.C11H11ClN2O3.C10H20N2O2.C3H3NO2.ClH/c1-21(2,3)30-20(27)25-9-5-6-14(13-25)24-17-15-7-8-22-18(15)23-12-16(17)19(26)29-11-10-28-4;1-27-9-10-28-19(26)15-11-22-18-14(5-7-21-18)17(15)23-13-3-2-8-24(12-13)16(25)4-6-20;1-22-7-8-23-16(21)13-10-19-15-12(4-6-18-15)14(13)20-11-3-2-5-17-9-11;1-16-4-5-17-11(15)8-6-14-10-7(9(8)12)2-3-13-10;1-10(2,3)14-9(13)12-6-4-5-8(11)7-12;4-2-1-3(5)6;/h7-8,12,14H,5-6,9-11,13H2,1-4H3,(H2,22,23,24);5,7,11,13H,2-4,8-10,12H2,1H3,(H2,21,22,23);4,6,10-11,17H,2-3,5,7-9H2,1H3,(H2,18,19,20);2-3,6H,4-5H2,1H3,(H,13,14);8H,4-7,11H2,1-3H3;1H2,(H,5,6);1H/t14-;13-;11-;;8-;;/m111.1../s1. The number of pyridine rings is 4. The van der Waals surface area contributed by atoms with Gasteiger partial charge in [0.25, 0.3) is 0 Å². The zero-order valence-electron chi connectivity index (χ0n) is 68.8. The lowest BCUT2D eigenvalue weighted by Crippen LogP contribution is -2.47. The molecule has 4 aliphatic rings. The van der Waals surface area contributed by atoms with Crippen LogP contribution in [0.15, 0.2) is 73.8 Å². The molecule has 0 bridgehead atoms. The summed E-state index contributed by atoms with van der Waals surface area (Å²) < 4.78 is 51.1. The molecule has 39 heteroatoms. The minimum absolute atomic E-state index is 0.